The van der Waals surface area contributed by atoms with E-state index in [1.165, 1.54) is 12.3 Å². The van der Waals surface area contributed by atoms with Crippen LogP contribution in [0.1, 0.15) is 21.5 Å². The van der Waals surface area contributed by atoms with E-state index in [-0.39, 0.29) is 6.61 Å². The normalized spacial score (nSPS) is 10.2. The van der Waals surface area contributed by atoms with E-state index in [1.54, 1.807) is 18.2 Å². The Balaban J connectivity index is 2.03. The number of nitrogen functional groups attached to an aromatic ring is 1. The van der Waals surface area contributed by atoms with Crippen molar-refractivity contribution in [1.29, 1.82) is 0 Å². The predicted octanol–water partition coefficient (Wildman–Crippen LogP) is 2.47. The van der Waals surface area contributed by atoms with Gasteiger partial charge in [-0.1, -0.05) is 0 Å². The Labute approximate surface area is 110 Å². The van der Waals surface area contributed by atoms with Gasteiger partial charge in [0.2, 0.25) is 0 Å². The molecule has 0 radical (unpaired) electrons. The lowest BCUT2D eigenvalue weighted by atomic mass is 10.1. The minimum absolute atomic E-state index is 0.0208. The molecule has 0 spiro atoms. The van der Waals surface area contributed by atoms with Crippen molar-refractivity contribution in [2.45, 2.75) is 13.5 Å². The smallest absolute Gasteiger partial charge is 0.338 e. The Morgan fingerprint density at radius 2 is 2.16 bits per heavy atom. The number of nitrogens with two attached hydrogens (primary N) is 1. The zero-order valence-electron chi connectivity index (χ0n) is 10.4. The number of halogens is 1. The van der Waals surface area contributed by atoms with E-state index in [0.29, 0.717) is 16.8 Å². The average Bonchev–Trinajstić information content (AvgIpc) is 2.39. The number of nitrogens with zero attached hydrogens (tertiary/aromatic N) is 1. The second-order valence-corrected chi connectivity index (χ2v) is 4.16. The van der Waals surface area contributed by atoms with Crippen molar-refractivity contribution in [2.24, 2.45) is 0 Å². The summed E-state index contributed by atoms with van der Waals surface area (Å²) in [5, 5.41) is 0. The summed E-state index contributed by atoms with van der Waals surface area (Å²) in [6, 6.07) is 6.17. The summed E-state index contributed by atoms with van der Waals surface area (Å²) in [4.78, 5) is 15.5. The van der Waals surface area contributed by atoms with E-state index in [4.69, 9.17) is 10.5 Å². The van der Waals surface area contributed by atoms with Crippen molar-refractivity contribution in [3.05, 3.63) is 59.2 Å². The van der Waals surface area contributed by atoms with Crippen LogP contribution in [0.4, 0.5) is 10.1 Å². The molecule has 98 valence electrons. The molecule has 1 aromatic carbocycles. The van der Waals surface area contributed by atoms with Gasteiger partial charge in [-0.25, -0.2) is 9.18 Å². The molecular weight excluding hydrogens is 247 g/mol. The SMILES string of the molecule is Cc1cc(C(=O)OCc2cncc(F)c2)ccc1N. The van der Waals surface area contributed by atoms with Gasteiger partial charge in [-0.3, -0.25) is 4.98 Å². The molecule has 0 fully saturated rings. The van der Waals surface area contributed by atoms with E-state index >= 15 is 0 Å². The quantitative estimate of drug-likeness (QED) is 0.680. The highest BCUT2D eigenvalue weighted by atomic mass is 19.1. The van der Waals surface area contributed by atoms with Gasteiger partial charge in [0.15, 0.2) is 0 Å². The van der Waals surface area contributed by atoms with Crippen LogP contribution in [0, 0.1) is 12.7 Å². The number of ether oxygens (including phenoxy) is 1. The van der Waals surface area contributed by atoms with Crippen LogP contribution in [-0.4, -0.2) is 11.0 Å². The van der Waals surface area contributed by atoms with Crippen molar-refractivity contribution in [2.75, 3.05) is 5.73 Å². The highest BCUT2D eigenvalue weighted by molar-refractivity contribution is 5.90. The van der Waals surface area contributed by atoms with Crippen molar-refractivity contribution in [1.82, 2.24) is 4.98 Å². The highest BCUT2D eigenvalue weighted by Gasteiger charge is 2.09. The summed E-state index contributed by atoms with van der Waals surface area (Å²) < 4.78 is 18.0. The number of pyridine rings is 1. The summed E-state index contributed by atoms with van der Waals surface area (Å²) in [6.45, 7) is 1.79. The molecule has 0 saturated carbocycles. The molecule has 4 nitrogen and oxygen atoms in total. The maximum atomic E-state index is 12.9. The Morgan fingerprint density at radius 1 is 1.37 bits per heavy atom. The molecule has 1 aromatic heterocycles. The largest absolute Gasteiger partial charge is 0.457 e. The fourth-order valence-electron chi connectivity index (χ4n) is 1.57. The van der Waals surface area contributed by atoms with E-state index < -0.39 is 11.8 Å². The number of rotatable bonds is 3. The third kappa shape index (κ3) is 3.28. The number of hydrogen-bond donors (Lipinski definition) is 1. The van der Waals surface area contributed by atoms with Gasteiger partial charge in [0.05, 0.1) is 11.8 Å². The standard InChI is InChI=1S/C14H13FN2O2/c1-9-4-11(2-3-13(9)16)14(18)19-8-10-5-12(15)7-17-6-10/h2-7H,8,16H2,1H3. The number of carbonyl (C=O) groups is 1. The molecule has 0 aliphatic rings. The van der Waals surface area contributed by atoms with Crippen LogP contribution in [0.3, 0.4) is 0 Å². The number of aryl methyl sites for hydroxylation is 1. The molecule has 0 unspecified atom stereocenters. The van der Waals surface area contributed by atoms with Crippen LogP contribution in [0.5, 0.6) is 0 Å². The van der Waals surface area contributed by atoms with Crippen molar-refractivity contribution < 1.29 is 13.9 Å². The lowest BCUT2D eigenvalue weighted by Crippen LogP contribution is -2.06. The molecule has 2 N–H and O–H groups in total. The maximum Gasteiger partial charge on any atom is 0.338 e. The number of aromatic nitrogens is 1. The fraction of sp³-hybridized carbons (Fsp3) is 0.143. The molecular formula is C14H13FN2O2. The molecule has 0 bridgehead atoms. The number of anilines is 1. The summed E-state index contributed by atoms with van der Waals surface area (Å²) in [5.74, 6) is -0.941. The first-order valence-corrected chi connectivity index (χ1v) is 5.69. The lowest BCUT2D eigenvalue weighted by Gasteiger charge is -2.06. The fourth-order valence-corrected chi connectivity index (χ4v) is 1.57. The van der Waals surface area contributed by atoms with Crippen LogP contribution in [-0.2, 0) is 11.3 Å². The first-order valence-electron chi connectivity index (χ1n) is 5.69. The van der Waals surface area contributed by atoms with Gasteiger partial charge in [0, 0.05) is 17.4 Å². The van der Waals surface area contributed by atoms with Gasteiger partial charge in [-0.05, 0) is 36.8 Å². The minimum Gasteiger partial charge on any atom is -0.457 e. The summed E-state index contributed by atoms with van der Waals surface area (Å²) in [5.41, 5.74) is 8.01. The number of benzene rings is 1. The third-order valence-electron chi connectivity index (χ3n) is 2.64. The summed E-state index contributed by atoms with van der Waals surface area (Å²) in [7, 11) is 0. The number of esters is 1. The molecule has 0 saturated heterocycles. The molecule has 2 rings (SSSR count). The molecule has 0 aliphatic carbocycles. The van der Waals surface area contributed by atoms with Crippen LogP contribution < -0.4 is 5.73 Å². The van der Waals surface area contributed by atoms with Crippen LogP contribution in [0.25, 0.3) is 0 Å². The molecule has 19 heavy (non-hydrogen) atoms. The first kappa shape index (κ1) is 13.0. The summed E-state index contributed by atoms with van der Waals surface area (Å²) >= 11 is 0. The minimum atomic E-state index is -0.479. The molecule has 0 atom stereocenters. The van der Waals surface area contributed by atoms with Crippen molar-refractivity contribution in [3.8, 4) is 0 Å². The van der Waals surface area contributed by atoms with Crippen LogP contribution >= 0.6 is 0 Å². The third-order valence-corrected chi connectivity index (χ3v) is 2.64. The van der Waals surface area contributed by atoms with E-state index in [0.717, 1.165) is 11.8 Å². The zero-order valence-corrected chi connectivity index (χ0v) is 10.4. The Morgan fingerprint density at radius 3 is 2.84 bits per heavy atom. The molecule has 5 heteroatoms. The Bertz CT molecular complexity index is 614. The lowest BCUT2D eigenvalue weighted by molar-refractivity contribution is 0.0472. The van der Waals surface area contributed by atoms with E-state index in [1.807, 2.05) is 6.92 Å². The van der Waals surface area contributed by atoms with Crippen molar-refractivity contribution >= 4 is 11.7 Å². The van der Waals surface area contributed by atoms with Gasteiger partial charge >= 0.3 is 5.97 Å². The van der Waals surface area contributed by atoms with Gasteiger partial charge < -0.3 is 10.5 Å². The molecule has 1 heterocycles. The second kappa shape index (κ2) is 5.48. The van der Waals surface area contributed by atoms with E-state index in [9.17, 15) is 9.18 Å². The highest BCUT2D eigenvalue weighted by Crippen LogP contribution is 2.14. The Kier molecular flexibility index (Phi) is 3.75. The predicted molar refractivity (Wildman–Crippen MR) is 68.9 cm³/mol. The topological polar surface area (TPSA) is 65.2 Å². The monoisotopic (exact) mass is 260 g/mol. The van der Waals surface area contributed by atoms with E-state index in [2.05, 4.69) is 4.98 Å². The zero-order chi connectivity index (χ0) is 13.8. The van der Waals surface area contributed by atoms with Gasteiger partial charge in [-0.2, -0.15) is 0 Å². The first-order chi connectivity index (χ1) is 9.06. The molecule has 0 amide bonds. The molecule has 0 aliphatic heterocycles. The maximum absolute atomic E-state index is 12.9. The number of carbonyl (C=O) groups excluding carboxylic acids is 1. The summed E-state index contributed by atoms with van der Waals surface area (Å²) in [6.07, 6.45) is 2.54. The van der Waals surface area contributed by atoms with Gasteiger partial charge in [0.25, 0.3) is 0 Å². The van der Waals surface area contributed by atoms with Gasteiger partial charge in [0.1, 0.15) is 12.4 Å². The van der Waals surface area contributed by atoms with Crippen molar-refractivity contribution in [3.63, 3.8) is 0 Å². The van der Waals surface area contributed by atoms with Crippen LogP contribution in [0.15, 0.2) is 36.7 Å². The second-order valence-electron chi connectivity index (χ2n) is 4.16. The van der Waals surface area contributed by atoms with Crippen LogP contribution in [0.2, 0.25) is 0 Å². The molecule has 2 aromatic rings. The number of hydrogen-bond acceptors (Lipinski definition) is 4. The average molecular weight is 260 g/mol. The Hall–Kier alpha value is -2.43. The van der Waals surface area contributed by atoms with Gasteiger partial charge in [-0.15, -0.1) is 0 Å².